The number of H-pyrrole nitrogens is 1. The van der Waals surface area contributed by atoms with Crippen LogP contribution in [0.5, 0.6) is 17.2 Å². The van der Waals surface area contributed by atoms with Gasteiger partial charge in [-0.3, -0.25) is 14.0 Å². The third kappa shape index (κ3) is 7.49. The monoisotopic (exact) mass is 895 g/mol. The van der Waals surface area contributed by atoms with Crippen molar-refractivity contribution in [1.29, 1.82) is 0 Å². The summed E-state index contributed by atoms with van der Waals surface area (Å²) in [5.74, 6) is -1.07. The van der Waals surface area contributed by atoms with Crippen molar-refractivity contribution in [2.45, 2.75) is 96.3 Å². The van der Waals surface area contributed by atoms with Gasteiger partial charge in [0.15, 0.2) is 23.1 Å². The number of nitrogens with two attached hydrogens (primary N) is 2. The van der Waals surface area contributed by atoms with E-state index in [1.54, 1.807) is 6.92 Å². The van der Waals surface area contributed by atoms with E-state index < -0.39 is 28.6 Å². The fraction of sp³-hybridized carbons (Fsp3) is 0.545. The van der Waals surface area contributed by atoms with Crippen LogP contribution in [0.1, 0.15) is 95.6 Å². The van der Waals surface area contributed by atoms with E-state index in [9.17, 15) is 19.5 Å². The Morgan fingerprint density at radius 1 is 0.855 bits per heavy atom. The van der Waals surface area contributed by atoms with E-state index in [1.807, 2.05) is 46.6 Å². The zero-order valence-electron chi connectivity index (χ0n) is 36.2. The number of nitrogens with zero attached hydrogens (tertiary/aromatic N) is 4. The van der Waals surface area contributed by atoms with E-state index in [1.165, 1.54) is 26.4 Å². The van der Waals surface area contributed by atoms with Crippen LogP contribution in [0.25, 0.3) is 32.0 Å². The third-order valence-corrected chi connectivity index (χ3v) is 14.3. The average Bonchev–Trinajstić information content (AvgIpc) is 4.07. The number of anilines is 2. The minimum atomic E-state index is -0.720. The van der Waals surface area contributed by atoms with E-state index in [2.05, 4.69) is 4.37 Å². The van der Waals surface area contributed by atoms with Gasteiger partial charge in [-0.1, -0.05) is 12.2 Å². The summed E-state index contributed by atoms with van der Waals surface area (Å²) in [5.41, 5.74) is 12.7. The number of hydrogen-bond acceptors (Lipinski definition) is 13. The summed E-state index contributed by atoms with van der Waals surface area (Å²) in [5, 5.41) is 11.4. The fourth-order valence-corrected chi connectivity index (χ4v) is 10.6. The van der Waals surface area contributed by atoms with Crippen LogP contribution in [0.15, 0.2) is 21.7 Å². The molecule has 5 heterocycles. The lowest BCUT2D eigenvalue weighted by Crippen LogP contribution is -2.42. The molecule has 14 nitrogen and oxygen atoms in total. The molecule has 2 saturated carbocycles. The molecule has 3 aromatic heterocycles. The summed E-state index contributed by atoms with van der Waals surface area (Å²) in [6, 6.07) is 2.76. The van der Waals surface area contributed by atoms with Crippen LogP contribution in [-0.2, 0) is 4.74 Å². The summed E-state index contributed by atoms with van der Waals surface area (Å²) in [4.78, 5) is 42.5. The number of halogens is 2. The van der Waals surface area contributed by atoms with Crippen molar-refractivity contribution >= 4 is 73.1 Å². The average molecular weight is 896 g/mol. The van der Waals surface area contributed by atoms with E-state index in [4.69, 9.17) is 37.9 Å². The highest BCUT2D eigenvalue weighted by Gasteiger charge is 2.39. The molecule has 18 heteroatoms. The van der Waals surface area contributed by atoms with Gasteiger partial charge in [-0.15, -0.1) is 0 Å². The van der Waals surface area contributed by atoms with Crippen LogP contribution in [0.4, 0.5) is 20.2 Å². The molecule has 0 amide bonds. The van der Waals surface area contributed by atoms with Gasteiger partial charge in [0.1, 0.15) is 37.5 Å². The standard InChI is InChI=1S/C23H30FN3O4S.C21H25FN4O3S/c1-5-31-22(29)16-19(28)14-10-15(24)18(26-9-8-12(11-26)23(2,3)25)20(30-4)17(14)27(21(16)32)13-6-7-13;1-21(2,23)10-6-7-25(9-10)16-13(22)8-12-15(18(16)29-3)26(11-4-5-11)20-14(17(12)27)19(28)24-30-20/h10,12-13,28H,5-9,11,25H2,1-4H3;8,10-11H,4-7,9,23H2,1-3H3,(H,24,28)/t12-;10-/m11/s1. The first-order valence-electron chi connectivity index (χ1n) is 21.2. The molecule has 9 rings (SSSR count). The second-order valence-corrected chi connectivity index (χ2v) is 19.5. The summed E-state index contributed by atoms with van der Waals surface area (Å²) in [6.45, 7) is 12.3. The van der Waals surface area contributed by atoms with Gasteiger partial charge in [-0.05, 0) is 109 Å². The van der Waals surface area contributed by atoms with Gasteiger partial charge in [0, 0.05) is 54.7 Å². The minimum absolute atomic E-state index is 0.0558. The third-order valence-electron chi connectivity index (χ3n) is 13.0. The molecule has 0 bridgehead atoms. The molecule has 0 unspecified atom stereocenters. The van der Waals surface area contributed by atoms with Gasteiger partial charge in [0.25, 0.3) is 5.56 Å². The number of hydrogen-bond donors (Lipinski definition) is 4. The molecule has 5 aromatic rings. The highest BCUT2D eigenvalue weighted by Crippen LogP contribution is 2.50. The minimum Gasteiger partial charge on any atom is -0.506 e. The van der Waals surface area contributed by atoms with Gasteiger partial charge in [-0.2, -0.15) is 0 Å². The van der Waals surface area contributed by atoms with Crippen molar-refractivity contribution in [3.63, 3.8) is 0 Å². The SMILES string of the molecule is CCOC(=O)c1c(O)c2cc(F)c(N3CC[C@@H](C(C)(C)N)C3)c(OC)c2n(C2CC2)c1=S.COc1c(N2CC[C@@H](C(C)(C)N)C2)c(F)cc2c(=O)c3c(=O)[nH]sc3n(C3CC3)c12. The van der Waals surface area contributed by atoms with Crippen LogP contribution in [0.3, 0.4) is 0 Å². The van der Waals surface area contributed by atoms with Crippen molar-refractivity contribution in [1.82, 2.24) is 13.5 Å². The molecule has 4 fully saturated rings. The van der Waals surface area contributed by atoms with E-state index in [0.717, 1.165) is 50.1 Å². The molecule has 2 aromatic carbocycles. The molecule has 2 aliphatic heterocycles. The first kappa shape index (κ1) is 43.9. The summed E-state index contributed by atoms with van der Waals surface area (Å²) >= 11 is 6.77. The number of aromatic hydroxyl groups is 1. The molecule has 62 heavy (non-hydrogen) atoms. The predicted molar refractivity (Wildman–Crippen MR) is 241 cm³/mol. The Balaban J connectivity index is 0.000000171. The quantitative estimate of drug-likeness (QED) is 0.0815. The Bertz CT molecular complexity index is 2800. The van der Waals surface area contributed by atoms with Crippen LogP contribution < -0.4 is 41.7 Å². The number of carbonyl (C=O) groups excluding carboxylic acids is 1. The Hall–Kier alpha value is -4.78. The van der Waals surface area contributed by atoms with Gasteiger partial charge in [-0.25, -0.2) is 13.6 Å². The number of pyridine rings is 2. The number of ether oxygens (including phenoxy) is 3. The van der Waals surface area contributed by atoms with Gasteiger partial charge < -0.3 is 49.7 Å². The normalized spacial score (nSPS) is 19.4. The topological polar surface area (TPSA) is 183 Å². The summed E-state index contributed by atoms with van der Waals surface area (Å²) < 4.78 is 54.2. The van der Waals surface area contributed by atoms with Crippen molar-refractivity contribution in [3.8, 4) is 17.2 Å². The van der Waals surface area contributed by atoms with Gasteiger partial charge in [0.05, 0.1) is 37.2 Å². The Labute approximate surface area is 366 Å². The number of esters is 1. The molecular formula is C44H55F2N7O7S2. The van der Waals surface area contributed by atoms with Crippen molar-refractivity contribution in [2.24, 2.45) is 23.3 Å². The molecule has 0 radical (unpaired) electrons. The van der Waals surface area contributed by atoms with Crippen molar-refractivity contribution in [3.05, 3.63) is 54.5 Å². The highest BCUT2D eigenvalue weighted by molar-refractivity contribution is 7.71. The number of aromatic nitrogens is 3. The maximum Gasteiger partial charge on any atom is 0.344 e. The van der Waals surface area contributed by atoms with Gasteiger partial charge in [0.2, 0.25) is 5.43 Å². The van der Waals surface area contributed by atoms with Crippen molar-refractivity contribution < 1.29 is 32.9 Å². The lowest BCUT2D eigenvalue weighted by atomic mass is 9.88. The van der Waals surface area contributed by atoms with Crippen molar-refractivity contribution in [2.75, 3.05) is 56.8 Å². The second-order valence-electron chi connectivity index (χ2n) is 18.3. The number of aromatic amines is 1. The molecule has 6 N–H and O–H groups in total. The second kappa shape index (κ2) is 16.1. The zero-order chi connectivity index (χ0) is 44.7. The number of benzene rings is 2. The van der Waals surface area contributed by atoms with E-state index in [0.29, 0.717) is 64.9 Å². The zero-order valence-corrected chi connectivity index (χ0v) is 37.8. The Morgan fingerprint density at radius 3 is 1.79 bits per heavy atom. The number of methoxy groups -OCH3 is 2. The maximum atomic E-state index is 15.5. The van der Waals surface area contributed by atoms with Crippen LogP contribution in [0, 0.1) is 28.1 Å². The maximum absolute atomic E-state index is 15.5. The fourth-order valence-electron chi connectivity index (χ4n) is 9.27. The van der Waals surface area contributed by atoms with E-state index in [-0.39, 0.29) is 73.7 Å². The smallest absolute Gasteiger partial charge is 0.344 e. The van der Waals surface area contributed by atoms with E-state index >= 15 is 8.78 Å². The summed E-state index contributed by atoms with van der Waals surface area (Å²) in [6.07, 6.45) is 5.34. The Morgan fingerprint density at radius 2 is 1.34 bits per heavy atom. The highest BCUT2D eigenvalue weighted by atomic mass is 32.1. The molecule has 2 saturated heterocycles. The summed E-state index contributed by atoms with van der Waals surface area (Å²) in [7, 11) is 2.98. The molecule has 2 atom stereocenters. The Kier molecular flexibility index (Phi) is 11.4. The number of rotatable bonds is 10. The first-order valence-corrected chi connectivity index (χ1v) is 22.4. The lowest BCUT2D eigenvalue weighted by Gasteiger charge is -2.29. The lowest BCUT2D eigenvalue weighted by molar-refractivity contribution is 0.0521. The predicted octanol–water partition coefficient (Wildman–Crippen LogP) is 7.25. The van der Waals surface area contributed by atoms with Crippen LogP contribution >= 0.6 is 23.8 Å². The molecule has 2 aliphatic carbocycles. The number of nitrogens with one attached hydrogen (secondary N) is 1. The molecular weight excluding hydrogens is 841 g/mol. The molecule has 0 spiro atoms. The van der Waals surface area contributed by atoms with Gasteiger partial charge >= 0.3 is 5.97 Å². The van der Waals surface area contributed by atoms with Crippen LogP contribution in [0.2, 0.25) is 0 Å². The first-order chi connectivity index (χ1) is 29.3. The molecule has 334 valence electrons. The number of carbonyl (C=O) groups is 1. The molecule has 4 aliphatic rings. The van der Waals surface area contributed by atoms with Crippen LogP contribution in [-0.4, -0.2) is 82.7 Å². The largest absolute Gasteiger partial charge is 0.506 e. The number of fused-ring (bicyclic) bond motifs is 3.